The number of hydrogen-bond acceptors (Lipinski definition) is 1. The van der Waals surface area contributed by atoms with E-state index < -0.39 is 0 Å². The molecule has 0 fully saturated rings. The van der Waals surface area contributed by atoms with E-state index in [9.17, 15) is 0 Å². The standard InChI is InChI=1S/C18H15N/c1-14(19-18-9-3-2-4-10-18)16-12-11-15-7-5-6-8-17(15)13-16/h2-13H,1H3. The quantitative estimate of drug-likeness (QED) is 0.564. The number of fused-ring (bicyclic) bond motifs is 1. The van der Waals surface area contributed by atoms with Crippen LogP contribution < -0.4 is 0 Å². The monoisotopic (exact) mass is 245 g/mol. The van der Waals surface area contributed by atoms with Crippen molar-refractivity contribution in [2.75, 3.05) is 0 Å². The van der Waals surface area contributed by atoms with Gasteiger partial charge in [-0.05, 0) is 41.5 Å². The molecule has 19 heavy (non-hydrogen) atoms. The lowest BCUT2D eigenvalue weighted by Crippen LogP contribution is -1.93. The second-order valence-electron chi connectivity index (χ2n) is 4.59. The van der Waals surface area contributed by atoms with Gasteiger partial charge in [-0.15, -0.1) is 0 Å². The van der Waals surface area contributed by atoms with E-state index in [4.69, 9.17) is 0 Å². The molecule has 0 atom stereocenters. The number of rotatable bonds is 2. The Balaban J connectivity index is 2.02. The molecule has 0 N–H and O–H groups in total. The van der Waals surface area contributed by atoms with Crippen LogP contribution in [0.15, 0.2) is 77.8 Å². The Labute approximate surface area is 113 Å². The zero-order valence-corrected chi connectivity index (χ0v) is 10.9. The highest BCUT2D eigenvalue weighted by atomic mass is 14.7. The minimum atomic E-state index is 0.994. The van der Waals surface area contributed by atoms with Crippen molar-refractivity contribution in [2.45, 2.75) is 6.92 Å². The molecule has 3 rings (SSSR count). The third-order valence-electron chi connectivity index (χ3n) is 3.22. The van der Waals surface area contributed by atoms with Crippen LogP contribution in [0, 0.1) is 0 Å². The third kappa shape index (κ3) is 2.55. The number of hydrogen-bond donors (Lipinski definition) is 0. The fourth-order valence-corrected chi connectivity index (χ4v) is 2.18. The van der Waals surface area contributed by atoms with Gasteiger partial charge >= 0.3 is 0 Å². The van der Waals surface area contributed by atoms with Crippen LogP contribution in [-0.4, -0.2) is 5.71 Å². The van der Waals surface area contributed by atoms with Gasteiger partial charge in [0.25, 0.3) is 0 Å². The third-order valence-corrected chi connectivity index (χ3v) is 3.22. The molecule has 3 aromatic carbocycles. The predicted octanol–water partition coefficient (Wildman–Crippen LogP) is 4.98. The predicted molar refractivity (Wildman–Crippen MR) is 82.3 cm³/mol. The molecule has 1 nitrogen and oxygen atoms in total. The molecule has 0 aliphatic carbocycles. The highest BCUT2D eigenvalue weighted by molar-refractivity contribution is 6.03. The van der Waals surface area contributed by atoms with Crippen molar-refractivity contribution in [1.29, 1.82) is 0 Å². The molecule has 92 valence electrons. The molecule has 0 radical (unpaired) electrons. The molecule has 0 aliphatic heterocycles. The Kier molecular flexibility index (Phi) is 3.11. The van der Waals surface area contributed by atoms with Crippen LogP contribution in [0.25, 0.3) is 10.8 Å². The summed E-state index contributed by atoms with van der Waals surface area (Å²) < 4.78 is 0. The van der Waals surface area contributed by atoms with Gasteiger partial charge in [-0.25, -0.2) is 0 Å². The summed E-state index contributed by atoms with van der Waals surface area (Å²) in [6.07, 6.45) is 0. The summed E-state index contributed by atoms with van der Waals surface area (Å²) >= 11 is 0. The minimum Gasteiger partial charge on any atom is -0.253 e. The first-order valence-electron chi connectivity index (χ1n) is 6.42. The Morgan fingerprint density at radius 2 is 1.42 bits per heavy atom. The molecule has 0 heterocycles. The van der Waals surface area contributed by atoms with Crippen LogP contribution >= 0.6 is 0 Å². The van der Waals surface area contributed by atoms with Crippen LogP contribution in [0.5, 0.6) is 0 Å². The number of benzene rings is 3. The molecule has 0 saturated carbocycles. The van der Waals surface area contributed by atoms with Crippen molar-refractivity contribution in [3.63, 3.8) is 0 Å². The van der Waals surface area contributed by atoms with E-state index in [1.807, 2.05) is 30.3 Å². The molecule has 1 heteroatoms. The lowest BCUT2D eigenvalue weighted by atomic mass is 10.0. The maximum Gasteiger partial charge on any atom is 0.0633 e. The van der Waals surface area contributed by atoms with Gasteiger partial charge in [-0.1, -0.05) is 54.6 Å². The second kappa shape index (κ2) is 5.07. The summed E-state index contributed by atoms with van der Waals surface area (Å²) in [6, 6.07) is 24.9. The van der Waals surface area contributed by atoms with E-state index in [1.165, 1.54) is 16.3 Å². The summed E-state index contributed by atoms with van der Waals surface area (Å²) in [4.78, 5) is 4.65. The zero-order chi connectivity index (χ0) is 13.1. The summed E-state index contributed by atoms with van der Waals surface area (Å²) in [5.41, 5.74) is 3.20. The molecule has 0 bridgehead atoms. The van der Waals surface area contributed by atoms with Gasteiger partial charge in [0.2, 0.25) is 0 Å². The van der Waals surface area contributed by atoms with Crippen molar-refractivity contribution >= 4 is 22.2 Å². The molecule has 3 aromatic rings. The molecule has 0 aromatic heterocycles. The first kappa shape index (κ1) is 11.7. The topological polar surface area (TPSA) is 12.4 Å². The molecule has 0 spiro atoms. The molecule has 0 unspecified atom stereocenters. The number of nitrogens with zero attached hydrogens (tertiary/aromatic N) is 1. The fourth-order valence-electron chi connectivity index (χ4n) is 2.18. The maximum absolute atomic E-state index is 4.65. The Morgan fingerprint density at radius 3 is 2.21 bits per heavy atom. The van der Waals surface area contributed by atoms with E-state index in [1.54, 1.807) is 0 Å². The molecular weight excluding hydrogens is 230 g/mol. The Morgan fingerprint density at radius 1 is 0.737 bits per heavy atom. The SMILES string of the molecule is CC(=Nc1ccccc1)c1ccc2ccccc2c1. The van der Waals surface area contributed by atoms with Gasteiger partial charge in [-0.2, -0.15) is 0 Å². The van der Waals surface area contributed by atoms with Crippen molar-refractivity contribution < 1.29 is 0 Å². The average Bonchev–Trinajstić information content (AvgIpc) is 2.48. The Bertz CT molecular complexity index is 727. The zero-order valence-electron chi connectivity index (χ0n) is 10.9. The van der Waals surface area contributed by atoms with E-state index in [0.717, 1.165) is 11.4 Å². The van der Waals surface area contributed by atoms with Crippen molar-refractivity contribution in [2.24, 2.45) is 4.99 Å². The molecule has 0 amide bonds. The summed E-state index contributed by atoms with van der Waals surface area (Å²) in [7, 11) is 0. The maximum atomic E-state index is 4.65. The van der Waals surface area contributed by atoms with E-state index in [0.29, 0.717) is 0 Å². The summed E-state index contributed by atoms with van der Waals surface area (Å²) in [5, 5.41) is 2.52. The van der Waals surface area contributed by atoms with Crippen molar-refractivity contribution in [3.05, 3.63) is 78.4 Å². The van der Waals surface area contributed by atoms with Gasteiger partial charge in [0, 0.05) is 5.71 Å². The summed E-state index contributed by atoms with van der Waals surface area (Å²) in [6.45, 7) is 2.05. The first-order valence-corrected chi connectivity index (χ1v) is 6.42. The van der Waals surface area contributed by atoms with E-state index in [-0.39, 0.29) is 0 Å². The van der Waals surface area contributed by atoms with Crippen LogP contribution in [0.2, 0.25) is 0 Å². The van der Waals surface area contributed by atoms with E-state index in [2.05, 4.69) is 54.4 Å². The van der Waals surface area contributed by atoms with Gasteiger partial charge in [0.05, 0.1) is 5.69 Å². The van der Waals surface area contributed by atoms with Crippen LogP contribution in [0.1, 0.15) is 12.5 Å². The number of aliphatic imine (C=N–C) groups is 1. The first-order chi connectivity index (χ1) is 9.33. The van der Waals surface area contributed by atoms with E-state index >= 15 is 0 Å². The Hall–Kier alpha value is -2.41. The molecular formula is C18H15N. The largest absolute Gasteiger partial charge is 0.253 e. The molecule has 0 aliphatic rings. The van der Waals surface area contributed by atoms with Crippen LogP contribution in [0.3, 0.4) is 0 Å². The van der Waals surface area contributed by atoms with Crippen molar-refractivity contribution in [1.82, 2.24) is 0 Å². The second-order valence-corrected chi connectivity index (χ2v) is 4.59. The van der Waals surface area contributed by atoms with Crippen molar-refractivity contribution in [3.8, 4) is 0 Å². The highest BCUT2D eigenvalue weighted by Gasteiger charge is 1.99. The lowest BCUT2D eigenvalue weighted by molar-refractivity contribution is 1.48. The summed E-state index contributed by atoms with van der Waals surface area (Å²) in [5.74, 6) is 0. The fraction of sp³-hybridized carbons (Fsp3) is 0.0556. The van der Waals surface area contributed by atoms with Gasteiger partial charge in [-0.3, -0.25) is 4.99 Å². The number of para-hydroxylation sites is 1. The normalized spacial score (nSPS) is 11.7. The van der Waals surface area contributed by atoms with Gasteiger partial charge < -0.3 is 0 Å². The lowest BCUT2D eigenvalue weighted by Gasteiger charge is -2.04. The highest BCUT2D eigenvalue weighted by Crippen LogP contribution is 2.18. The average molecular weight is 245 g/mol. The van der Waals surface area contributed by atoms with Gasteiger partial charge in [0.1, 0.15) is 0 Å². The molecule has 0 saturated heterocycles. The smallest absolute Gasteiger partial charge is 0.0633 e. The van der Waals surface area contributed by atoms with Crippen LogP contribution in [0.4, 0.5) is 5.69 Å². The minimum absolute atomic E-state index is 0.994. The van der Waals surface area contributed by atoms with Crippen LogP contribution in [-0.2, 0) is 0 Å². The van der Waals surface area contributed by atoms with Gasteiger partial charge in [0.15, 0.2) is 0 Å².